The molecule has 2 aromatic carbocycles. The summed E-state index contributed by atoms with van der Waals surface area (Å²) < 4.78 is 12.5. The van der Waals surface area contributed by atoms with E-state index in [4.69, 9.17) is 9.47 Å². The number of nitrogens with zero attached hydrogens (tertiary/aromatic N) is 1. The van der Waals surface area contributed by atoms with Crippen LogP contribution in [-0.2, 0) is 37.7 Å². The van der Waals surface area contributed by atoms with Gasteiger partial charge >= 0.3 is 0 Å². The molecule has 2 aliphatic heterocycles. The van der Waals surface area contributed by atoms with Gasteiger partial charge in [0.25, 0.3) is 0 Å². The monoisotopic (exact) mass is 595 g/mol. The van der Waals surface area contributed by atoms with Gasteiger partial charge in [-0.05, 0) is 88.9 Å². The average Bonchev–Trinajstić information content (AvgIpc) is 3.30. The number of fused-ring (bicyclic) bond motifs is 2. The van der Waals surface area contributed by atoms with Gasteiger partial charge in [-0.3, -0.25) is 9.59 Å². The predicted octanol–water partition coefficient (Wildman–Crippen LogP) is 2.96. The fraction of sp³-hybridized carbons (Fsp3) is 0.588. The minimum atomic E-state index is -1.36. The number of hydrogen-bond acceptors (Lipinski definition) is 7. The first-order chi connectivity index (χ1) is 20.3. The van der Waals surface area contributed by atoms with E-state index >= 15 is 0 Å². The van der Waals surface area contributed by atoms with Gasteiger partial charge in [-0.2, -0.15) is 0 Å². The second-order valence-electron chi connectivity index (χ2n) is 13.0. The van der Waals surface area contributed by atoms with Gasteiger partial charge in [0.1, 0.15) is 11.6 Å². The third kappa shape index (κ3) is 7.64. The van der Waals surface area contributed by atoms with Crippen molar-refractivity contribution in [2.24, 2.45) is 0 Å². The van der Waals surface area contributed by atoms with Crippen LogP contribution >= 0.6 is 0 Å². The number of aryl methyl sites for hydroxylation is 2. The third-order valence-corrected chi connectivity index (χ3v) is 8.80. The zero-order valence-electron chi connectivity index (χ0n) is 26.5. The molecule has 0 aliphatic carbocycles. The minimum Gasteiger partial charge on any atom is -0.390 e. The predicted molar refractivity (Wildman–Crippen MR) is 166 cm³/mol. The highest BCUT2D eigenvalue weighted by molar-refractivity contribution is 5.90. The molecular formula is C34H49N3O6. The summed E-state index contributed by atoms with van der Waals surface area (Å²) in [6.07, 6.45) is 1.45. The molecule has 236 valence electrons. The van der Waals surface area contributed by atoms with Crippen molar-refractivity contribution < 1.29 is 29.3 Å². The molecule has 2 heterocycles. The standard InChI is InChI=1S/C34H49N3O6/c1-7-33-21-28(38)30(40)34(43-33,42-22-33)27-16-11-23(2)26(20-27)19-25-14-12-24(13-15-25)9-8-10-29(39)36-32(3,4)31(41)35-17-18-37(5)6/h11-16,20,28,30,38,40H,7-10,17-19,21-22H2,1-6H3,(H,35,41)(H,36,39)/t28-,30+,33+,34-/m0/s1. The lowest BCUT2D eigenvalue weighted by Gasteiger charge is -2.43. The zero-order valence-corrected chi connectivity index (χ0v) is 26.5. The highest BCUT2D eigenvalue weighted by atomic mass is 16.8. The van der Waals surface area contributed by atoms with Crippen LogP contribution in [0.15, 0.2) is 42.5 Å². The molecule has 2 saturated heterocycles. The Kier molecular flexibility index (Phi) is 10.3. The summed E-state index contributed by atoms with van der Waals surface area (Å²) in [6.45, 7) is 9.12. The summed E-state index contributed by atoms with van der Waals surface area (Å²) in [6, 6.07) is 14.3. The van der Waals surface area contributed by atoms with Crippen molar-refractivity contribution in [1.82, 2.24) is 15.5 Å². The van der Waals surface area contributed by atoms with Gasteiger partial charge in [0.15, 0.2) is 0 Å². The maximum atomic E-state index is 12.5. The maximum absolute atomic E-state index is 12.5. The molecule has 2 aliphatic rings. The number of aliphatic hydroxyl groups excluding tert-OH is 2. The fourth-order valence-corrected chi connectivity index (χ4v) is 5.90. The number of hydrogen-bond donors (Lipinski definition) is 4. The normalized spacial score (nSPS) is 25.1. The van der Waals surface area contributed by atoms with Crippen molar-refractivity contribution in [2.75, 3.05) is 33.8 Å². The van der Waals surface area contributed by atoms with Crippen LogP contribution < -0.4 is 10.6 Å². The Morgan fingerprint density at radius 1 is 1.09 bits per heavy atom. The summed E-state index contributed by atoms with van der Waals surface area (Å²) in [5.41, 5.74) is 3.67. The number of benzene rings is 2. The zero-order chi connectivity index (χ0) is 31.4. The van der Waals surface area contributed by atoms with Gasteiger partial charge in [0.2, 0.25) is 17.6 Å². The van der Waals surface area contributed by atoms with E-state index in [-0.39, 0.29) is 11.8 Å². The van der Waals surface area contributed by atoms with Crippen LogP contribution in [0.1, 0.15) is 74.3 Å². The number of rotatable bonds is 13. The number of amides is 2. The van der Waals surface area contributed by atoms with Crippen LogP contribution in [0.5, 0.6) is 0 Å². The van der Waals surface area contributed by atoms with Crippen LogP contribution in [0.2, 0.25) is 0 Å². The molecule has 2 aromatic rings. The molecule has 0 aromatic heterocycles. The van der Waals surface area contributed by atoms with Gasteiger partial charge in [0, 0.05) is 31.5 Å². The second kappa shape index (κ2) is 13.4. The van der Waals surface area contributed by atoms with Gasteiger partial charge < -0.3 is 35.2 Å². The quantitative estimate of drug-likeness (QED) is 0.281. The largest absolute Gasteiger partial charge is 0.390 e. The molecule has 2 fully saturated rings. The van der Waals surface area contributed by atoms with Crippen molar-refractivity contribution in [1.29, 1.82) is 0 Å². The highest BCUT2D eigenvalue weighted by Gasteiger charge is 2.62. The molecule has 2 amide bonds. The van der Waals surface area contributed by atoms with E-state index < -0.39 is 29.1 Å². The van der Waals surface area contributed by atoms with E-state index in [2.05, 4.69) is 41.8 Å². The first kappa shape index (κ1) is 33.1. The van der Waals surface area contributed by atoms with E-state index in [0.717, 1.165) is 40.8 Å². The summed E-state index contributed by atoms with van der Waals surface area (Å²) in [5.74, 6) is -1.69. The van der Waals surface area contributed by atoms with Crippen molar-refractivity contribution in [3.8, 4) is 0 Å². The van der Waals surface area contributed by atoms with Crippen LogP contribution in [0.4, 0.5) is 0 Å². The Morgan fingerprint density at radius 2 is 1.79 bits per heavy atom. The topological polar surface area (TPSA) is 120 Å². The molecule has 4 N–H and O–H groups in total. The molecule has 0 spiro atoms. The molecule has 4 rings (SSSR count). The molecule has 2 bridgehead atoms. The van der Waals surface area contributed by atoms with Crippen molar-refractivity contribution >= 4 is 11.8 Å². The number of nitrogens with one attached hydrogen (secondary N) is 2. The summed E-state index contributed by atoms with van der Waals surface area (Å²) in [4.78, 5) is 27.0. The van der Waals surface area contributed by atoms with Crippen molar-refractivity contribution in [3.05, 3.63) is 70.3 Å². The Labute approximate surface area is 256 Å². The Balaban J connectivity index is 1.31. The van der Waals surface area contributed by atoms with Gasteiger partial charge in [0.05, 0.1) is 18.3 Å². The number of ether oxygens (including phenoxy) is 2. The van der Waals surface area contributed by atoms with Gasteiger partial charge in [-0.25, -0.2) is 0 Å². The summed E-state index contributed by atoms with van der Waals surface area (Å²) in [7, 11) is 3.89. The van der Waals surface area contributed by atoms with Crippen LogP contribution in [0, 0.1) is 6.92 Å². The van der Waals surface area contributed by atoms with E-state index in [1.54, 1.807) is 13.8 Å². The second-order valence-corrected chi connectivity index (χ2v) is 13.0. The maximum Gasteiger partial charge on any atom is 0.245 e. The van der Waals surface area contributed by atoms with Crippen LogP contribution in [-0.4, -0.2) is 84.1 Å². The highest BCUT2D eigenvalue weighted by Crippen LogP contribution is 2.50. The summed E-state index contributed by atoms with van der Waals surface area (Å²) >= 11 is 0. The molecule has 0 saturated carbocycles. The van der Waals surface area contributed by atoms with E-state index in [9.17, 15) is 19.8 Å². The lowest BCUT2D eigenvalue weighted by atomic mass is 9.84. The van der Waals surface area contributed by atoms with E-state index in [1.807, 2.05) is 44.1 Å². The minimum absolute atomic E-state index is 0.138. The van der Waals surface area contributed by atoms with Crippen LogP contribution in [0.3, 0.4) is 0 Å². The number of aliphatic hydroxyl groups is 2. The van der Waals surface area contributed by atoms with Gasteiger partial charge in [-0.1, -0.05) is 43.3 Å². The van der Waals surface area contributed by atoms with Crippen molar-refractivity contribution in [3.63, 3.8) is 0 Å². The first-order valence-corrected chi connectivity index (χ1v) is 15.4. The molecule has 0 unspecified atom stereocenters. The molecule has 0 radical (unpaired) electrons. The Hall–Kier alpha value is -2.82. The van der Waals surface area contributed by atoms with Crippen LogP contribution in [0.25, 0.3) is 0 Å². The number of likely N-dealkylation sites (N-methyl/N-ethyl adjacent to an activating group) is 1. The first-order valence-electron chi connectivity index (χ1n) is 15.4. The number of carbonyl (C=O) groups excluding carboxylic acids is 2. The molecule has 43 heavy (non-hydrogen) atoms. The lowest BCUT2D eigenvalue weighted by Crippen LogP contribution is -2.55. The lowest BCUT2D eigenvalue weighted by molar-refractivity contribution is -0.299. The summed E-state index contributed by atoms with van der Waals surface area (Å²) in [5, 5.41) is 27.3. The Morgan fingerprint density at radius 3 is 2.47 bits per heavy atom. The number of carbonyl (C=O) groups is 2. The molecule has 4 atom stereocenters. The van der Waals surface area contributed by atoms with Gasteiger partial charge in [-0.15, -0.1) is 0 Å². The molecule has 9 nitrogen and oxygen atoms in total. The van der Waals surface area contributed by atoms with Crippen molar-refractivity contribution in [2.45, 2.75) is 95.4 Å². The third-order valence-electron chi connectivity index (χ3n) is 8.80. The molecular weight excluding hydrogens is 546 g/mol. The Bertz CT molecular complexity index is 1280. The van der Waals surface area contributed by atoms with E-state index in [1.165, 1.54) is 0 Å². The molecule has 9 heteroatoms. The smallest absolute Gasteiger partial charge is 0.245 e. The fourth-order valence-electron chi connectivity index (χ4n) is 5.90. The average molecular weight is 596 g/mol. The van der Waals surface area contributed by atoms with E-state index in [0.29, 0.717) is 45.3 Å². The SMILES string of the molecule is CC[C@@]12CO[C@@](c3ccc(C)c(Cc4ccc(CCCC(=O)NC(C)(C)C(=O)NCCN(C)C)cc4)c3)(O1)[C@H](O)[C@@H](O)C2.